The molecule has 1 aromatic rings. The molecule has 1 aromatic carbocycles. The van der Waals surface area contributed by atoms with Gasteiger partial charge >= 0.3 is 0 Å². The van der Waals surface area contributed by atoms with Crippen LogP contribution in [0.2, 0.25) is 0 Å². The first kappa shape index (κ1) is 21.9. The molecule has 1 heterocycles. The summed E-state index contributed by atoms with van der Waals surface area (Å²) in [5.74, 6) is 2.53. The molecule has 29 heavy (non-hydrogen) atoms. The highest BCUT2D eigenvalue weighted by Crippen LogP contribution is 2.27. The number of hydrogen-bond acceptors (Lipinski definition) is 4. The fourth-order valence-electron chi connectivity index (χ4n) is 4.07. The van der Waals surface area contributed by atoms with Crippen LogP contribution in [-0.2, 0) is 16.0 Å². The zero-order valence-corrected chi connectivity index (χ0v) is 18.1. The molecule has 1 saturated carbocycles. The molecule has 1 saturated heterocycles. The molecule has 2 aliphatic rings. The fourth-order valence-corrected chi connectivity index (χ4v) is 4.07. The molecule has 0 spiro atoms. The number of hydrogen-bond donors (Lipinski definition) is 1. The maximum absolute atomic E-state index is 6.28. The van der Waals surface area contributed by atoms with Gasteiger partial charge in [0.05, 0.1) is 32.5 Å². The largest absolute Gasteiger partial charge is 0.490 e. The van der Waals surface area contributed by atoms with Crippen LogP contribution >= 0.6 is 0 Å². The van der Waals surface area contributed by atoms with Crippen molar-refractivity contribution in [3.8, 4) is 5.75 Å². The average molecular weight is 404 g/mol. The molecule has 0 radical (unpaired) electrons. The lowest BCUT2D eigenvalue weighted by Gasteiger charge is -2.22. The molecule has 1 atom stereocenters. The highest BCUT2D eigenvalue weighted by molar-refractivity contribution is 5.80. The van der Waals surface area contributed by atoms with Crippen molar-refractivity contribution < 1.29 is 14.2 Å². The molecule has 1 aliphatic carbocycles. The molecule has 0 amide bonds. The summed E-state index contributed by atoms with van der Waals surface area (Å²) in [6.07, 6.45) is 6.40. The Morgan fingerprint density at radius 1 is 1.17 bits per heavy atom. The van der Waals surface area contributed by atoms with Crippen molar-refractivity contribution in [1.29, 1.82) is 0 Å². The quantitative estimate of drug-likeness (QED) is 0.368. The normalized spacial score (nSPS) is 20.4. The van der Waals surface area contributed by atoms with E-state index in [2.05, 4.69) is 41.4 Å². The number of rotatable bonds is 10. The molecule has 0 aromatic heterocycles. The van der Waals surface area contributed by atoms with Gasteiger partial charge in [-0.15, -0.1) is 0 Å². The van der Waals surface area contributed by atoms with Crippen LogP contribution in [-0.4, -0.2) is 63.5 Å². The van der Waals surface area contributed by atoms with Crippen LogP contribution in [0, 0.1) is 5.92 Å². The van der Waals surface area contributed by atoms with E-state index in [4.69, 9.17) is 19.2 Å². The summed E-state index contributed by atoms with van der Waals surface area (Å²) in [6.45, 7) is 7.73. The van der Waals surface area contributed by atoms with Gasteiger partial charge in [-0.1, -0.05) is 18.2 Å². The number of likely N-dealkylation sites (tertiary alicyclic amines) is 1. The number of ether oxygens (including phenoxy) is 3. The van der Waals surface area contributed by atoms with Gasteiger partial charge in [0, 0.05) is 38.2 Å². The van der Waals surface area contributed by atoms with Gasteiger partial charge in [-0.25, -0.2) is 4.99 Å². The van der Waals surface area contributed by atoms with Gasteiger partial charge in [0.2, 0.25) is 0 Å². The number of guanidine groups is 1. The number of aliphatic imine (C=N–C) groups is 1. The molecule has 162 valence electrons. The summed E-state index contributed by atoms with van der Waals surface area (Å²) < 4.78 is 17.0. The lowest BCUT2D eigenvalue weighted by Crippen LogP contribution is -2.40. The smallest absolute Gasteiger partial charge is 0.194 e. The summed E-state index contributed by atoms with van der Waals surface area (Å²) in [5, 5.41) is 3.46. The fraction of sp³-hybridized carbons (Fsp3) is 0.696. The standard InChI is InChI=1S/C23H37N3O3/c1-3-24-23(26-13-12-19(17-26)18-28-15-14-27-2)25-16-20-8-4-7-11-22(20)29-21-9-5-6-10-21/h4,7-8,11,19,21H,3,5-6,9-10,12-18H2,1-2H3,(H,24,25). The average Bonchev–Trinajstić information content (AvgIpc) is 3.42. The predicted molar refractivity (Wildman–Crippen MR) is 117 cm³/mol. The van der Waals surface area contributed by atoms with Gasteiger partial charge in [0.1, 0.15) is 5.75 Å². The zero-order chi connectivity index (χ0) is 20.3. The van der Waals surface area contributed by atoms with E-state index in [9.17, 15) is 0 Å². The Morgan fingerprint density at radius 3 is 2.79 bits per heavy atom. The van der Waals surface area contributed by atoms with E-state index in [-0.39, 0.29) is 0 Å². The van der Waals surface area contributed by atoms with Crippen molar-refractivity contribution >= 4 is 5.96 Å². The Balaban J connectivity index is 1.57. The summed E-state index contributed by atoms with van der Waals surface area (Å²) in [4.78, 5) is 7.29. The van der Waals surface area contributed by atoms with Crippen molar-refractivity contribution in [2.24, 2.45) is 10.9 Å². The van der Waals surface area contributed by atoms with Crippen LogP contribution in [0.15, 0.2) is 29.3 Å². The maximum atomic E-state index is 6.28. The Bertz CT molecular complexity index is 632. The lowest BCUT2D eigenvalue weighted by atomic mass is 10.1. The van der Waals surface area contributed by atoms with Gasteiger partial charge < -0.3 is 24.4 Å². The molecule has 2 fully saturated rings. The van der Waals surface area contributed by atoms with Crippen LogP contribution in [0.4, 0.5) is 0 Å². The van der Waals surface area contributed by atoms with Crippen molar-refractivity contribution in [3.63, 3.8) is 0 Å². The minimum atomic E-state index is 0.366. The monoisotopic (exact) mass is 403 g/mol. The minimum absolute atomic E-state index is 0.366. The van der Waals surface area contributed by atoms with E-state index >= 15 is 0 Å². The summed E-state index contributed by atoms with van der Waals surface area (Å²) in [6, 6.07) is 8.34. The van der Waals surface area contributed by atoms with Crippen LogP contribution < -0.4 is 10.1 Å². The molecule has 6 heteroatoms. The number of para-hydroxylation sites is 1. The molecule has 1 N–H and O–H groups in total. The van der Waals surface area contributed by atoms with Crippen LogP contribution in [0.25, 0.3) is 0 Å². The Hall–Kier alpha value is -1.79. The first-order chi connectivity index (χ1) is 14.3. The highest BCUT2D eigenvalue weighted by atomic mass is 16.5. The Labute approximate surface area is 175 Å². The first-order valence-corrected chi connectivity index (χ1v) is 11.1. The summed E-state index contributed by atoms with van der Waals surface area (Å²) in [5.41, 5.74) is 1.16. The molecule has 3 rings (SSSR count). The van der Waals surface area contributed by atoms with Gasteiger partial charge in [-0.05, 0) is 45.1 Å². The molecular weight excluding hydrogens is 366 g/mol. The highest BCUT2D eigenvalue weighted by Gasteiger charge is 2.25. The molecule has 1 aliphatic heterocycles. The number of nitrogens with one attached hydrogen (secondary N) is 1. The van der Waals surface area contributed by atoms with Gasteiger partial charge in [-0.2, -0.15) is 0 Å². The van der Waals surface area contributed by atoms with Crippen LogP contribution in [0.5, 0.6) is 5.75 Å². The minimum Gasteiger partial charge on any atom is -0.490 e. The Morgan fingerprint density at radius 2 is 2.00 bits per heavy atom. The molecule has 6 nitrogen and oxygen atoms in total. The SMILES string of the molecule is CCNC(=NCc1ccccc1OC1CCCC1)N1CCC(COCCOC)C1. The van der Waals surface area contributed by atoms with Crippen molar-refractivity contribution in [3.05, 3.63) is 29.8 Å². The second-order valence-corrected chi connectivity index (χ2v) is 7.97. The second kappa shape index (κ2) is 12.0. The van der Waals surface area contributed by atoms with E-state index in [0.717, 1.165) is 49.9 Å². The Kier molecular flexibility index (Phi) is 9.09. The number of methoxy groups -OCH3 is 1. The zero-order valence-electron chi connectivity index (χ0n) is 18.1. The molecule has 0 bridgehead atoms. The van der Waals surface area contributed by atoms with Crippen LogP contribution in [0.1, 0.15) is 44.6 Å². The maximum Gasteiger partial charge on any atom is 0.194 e. The van der Waals surface area contributed by atoms with Gasteiger partial charge in [0.25, 0.3) is 0 Å². The van der Waals surface area contributed by atoms with Gasteiger partial charge in [0.15, 0.2) is 5.96 Å². The molecule has 1 unspecified atom stereocenters. The van der Waals surface area contributed by atoms with E-state index in [1.807, 2.05) is 0 Å². The summed E-state index contributed by atoms with van der Waals surface area (Å²) >= 11 is 0. The van der Waals surface area contributed by atoms with Crippen molar-refractivity contribution in [2.45, 2.75) is 51.7 Å². The predicted octanol–water partition coefficient (Wildman–Crippen LogP) is 3.46. The van der Waals surface area contributed by atoms with E-state index in [1.165, 1.54) is 25.7 Å². The number of nitrogens with zero attached hydrogens (tertiary/aromatic N) is 2. The molecular formula is C23H37N3O3. The van der Waals surface area contributed by atoms with E-state index < -0.39 is 0 Å². The van der Waals surface area contributed by atoms with E-state index in [1.54, 1.807) is 7.11 Å². The third kappa shape index (κ3) is 6.89. The summed E-state index contributed by atoms with van der Waals surface area (Å²) in [7, 11) is 1.71. The van der Waals surface area contributed by atoms with Crippen molar-refractivity contribution in [1.82, 2.24) is 10.2 Å². The third-order valence-electron chi connectivity index (χ3n) is 5.67. The van der Waals surface area contributed by atoms with Crippen LogP contribution in [0.3, 0.4) is 0 Å². The topological polar surface area (TPSA) is 55.3 Å². The van der Waals surface area contributed by atoms with Crippen molar-refractivity contribution in [2.75, 3.05) is 46.6 Å². The second-order valence-electron chi connectivity index (χ2n) is 7.97. The first-order valence-electron chi connectivity index (χ1n) is 11.1. The number of benzene rings is 1. The van der Waals surface area contributed by atoms with Gasteiger partial charge in [-0.3, -0.25) is 0 Å². The lowest BCUT2D eigenvalue weighted by molar-refractivity contribution is 0.0536. The van der Waals surface area contributed by atoms with E-state index in [0.29, 0.717) is 31.8 Å². The third-order valence-corrected chi connectivity index (χ3v) is 5.67.